The number of hydrogen-bond acceptors (Lipinski definition) is 5. The number of rotatable bonds is 0. The summed E-state index contributed by atoms with van der Waals surface area (Å²) in [5, 5.41) is 19.3. The van der Waals surface area contributed by atoms with E-state index in [0.717, 1.165) is 0 Å². The Balaban J connectivity index is 2.81. The summed E-state index contributed by atoms with van der Waals surface area (Å²) in [7, 11) is 0. The van der Waals surface area contributed by atoms with Crippen LogP contribution in [0.25, 0.3) is 0 Å². The lowest BCUT2D eigenvalue weighted by Gasteiger charge is -1.82. The maximum absolute atomic E-state index is 8.94. The third kappa shape index (κ3) is 9.33. The molecule has 104 valence electrons. The first-order valence-electron chi connectivity index (χ1n) is 6.13. The van der Waals surface area contributed by atoms with Gasteiger partial charge in [0.1, 0.15) is 6.26 Å². The molecular formula is C16H14N4O. The Morgan fingerprint density at radius 1 is 0.857 bits per heavy atom. The molecule has 0 amide bonds. The fourth-order valence-corrected chi connectivity index (χ4v) is 1.10. The summed E-state index contributed by atoms with van der Waals surface area (Å²) < 4.78 is 0. The maximum Gasteiger partial charge on any atom is 0.124 e. The smallest absolute Gasteiger partial charge is 0.124 e. The van der Waals surface area contributed by atoms with E-state index in [1.54, 1.807) is 42.5 Å². The van der Waals surface area contributed by atoms with Crippen LogP contribution in [0.3, 0.4) is 0 Å². The zero-order valence-corrected chi connectivity index (χ0v) is 11.3. The van der Waals surface area contributed by atoms with Gasteiger partial charge < -0.3 is 4.84 Å². The van der Waals surface area contributed by atoms with Gasteiger partial charge in [-0.1, -0.05) is 48.6 Å². The molecule has 0 atom stereocenters. The summed E-state index contributed by atoms with van der Waals surface area (Å²) in [6, 6.07) is 2.08. The lowest BCUT2D eigenvalue weighted by molar-refractivity contribution is 0.237. The molecule has 1 aliphatic rings. The van der Waals surface area contributed by atoms with Gasteiger partial charge in [-0.05, 0) is 29.5 Å². The molecule has 5 nitrogen and oxygen atoms in total. The van der Waals surface area contributed by atoms with E-state index in [0.29, 0.717) is 5.57 Å². The number of hydrogen-bond donors (Lipinski definition) is 0. The molecule has 0 bridgehead atoms. The Kier molecular flexibility index (Phi) is 8.88. The van der Waals surface area contributed by atoms with Gasteiger partial charge in [-0.15, -0.1) is 5.10 Å². The van der Waals surface area contributed by atoms with Crippen molar-refractivity contribution < 1.29 is 4.84 Å². The van der Waals surface area contributed by atoms with E-state index in [1.165, 1.54) is 12.5 Å². The van der Waals surface area contributed by atoms with Crippen molar-refractivity contribution in [1.29, 1.82) is 5.26 Å². The highest BCUT2D eigenvalue weighted by atomic mass is 16.6. The molecule has 0 fully saturated rings. The van der Waals surface area contributed by atoms with Gasteiger partial charge in [-0.2, -0.15) is 5.26 Å². The molecule has 1 heterocycles. The van der Waals surface area contributed by atoms with Crippen LogP contribution in [0.1, 0.15) is 0 Å². The second kappa shape index (κ2) is 11.8. The first kappa shape index (κ1) is 15.8. The lowest BCUT2D eigenvalue weighted by Crippen LogP contribution is -1.69. The van der Waals surface area contributed by atoms with Crippen molar-refractivity contribution in [2.75, 3.05) is 0 Å². The largest absolute Gasteiger partial charge is 0.346 e. The zero-order chi connectivity index (χ0) is 15.0. The van der Waals surface area contributed by atoms with Crippen LogP contribution < -0.4 is 0 Å². The third-order valence-electron chi connectivity index (χ3n) is 2.00. The number of allylic oxidation sites excluding steroid dienone is 13. The molecule has 0 radical (unpaired) electrons. The van der Waals surface area contributed by atoms with Crippen LogP contribution in [-0.4, -0.2) is 6.21 Å². The van der Waals surface area contributed by atoms with Gasteiger partial charge in [0, 0.05) is 0 Å². The Bertz CT molecular complexity index is 609. The molecule has 0 spiro atoms. The molecule has 1 rings (SSSR count). The minimum atomic E-state index is 0.528. The summed E-state index contributed by atoms with van der Waals surface area (Å²) in [6.07, 6.45) is 24.0. The monoisotopic (exact) mass is 278 g/mol. The molecule has 0 saturated heterocycles. The highest BCUT2D eigenvalue weighted by Gasteiger charge is 1.83. The molecule has 21 heavy (non-hydrogen) atoms. The van der Waals surface area contributed by atoms with Crippen molar-refractivity contribution in [3.05, 3.63) is 84.7 Å². The molecule has 0 aliphatic carbocycles. The molecule has 1 aliphatic heterocycles. The van der Waals surface area contributed by atoms with E-state index in [9.17, 15) is 0 Å². The van der Waals surface area contributed by atoms with Crippen LogP contribution in [0.15, 0.2) is 100 Å². The van der Waals surface area contributed by atoms with E-state index in [2.05, 4.69) is 21.7 Å². The number of nitrogens with zero attached hydrogens (tertiary/aromatic N) is 4. The zero-order valence-electron chi connectivity index (χ0n) is 11.3. The second-order valence-electron chi connectivity index (χ2n) is 3.50. The van der Waals surface area contributed by atoms with Crippen LogP contribution in [0.4, 0.5) is 0 Å². The summed E-state index contributed by atoms with van der Waals surface area (Å²) in [4.78, 5) is 4.72. The van der Waals surface area contributed by atoms with Crippen LogP contribution in [0.2, 0.25) is 0 Å². The van der Waals surface area contributed by atoms with Crippen LogP contribution in [0, 0.1) is 11.3 Å². The first-order valence-corrected chi connectivity index (χ1v) is 6.13. The van der Waals surface area contributed by atoms with Gasteiger partial charge in [0.15, 0.2) is 0 Å². The van der Waals surface area contributed by atoms with Crippen molar-refractivity contribution in [2.24, 2.45) is 15.6 Å². The van der Waals surface area contributed by atoms with Gasteiger partial charge in [0.25, 0.3) is 0 Å². The summed E-state index contributed by atoms with van der Waals surface area (Å²) >= 11 is 0. The van der Waals surface area contributed by atoms with E-state index >= 15 is 0 Å². The Labute approximate surface area is 123 Å². The summed E-state index contributed by atoms with van der Waals surface area (Å²) in [5.74, 6) is 0. The molecule has 0 aromatic carbocycles. The second-order valence-corrected chi connectivity index (χ2v) is 3.50. The average molecular weight is 278 g/mol. The highest BCUT2D eigenvalue weighted by molar-refractivity contribution is 5.71. The van der Waals surface area contributed by atoms with Crippen molar-refractivity contribution in [3.63, 3.8) is 0 Å². The van der Waals surface area contributed by atoms with Crippen molar-refractivity contribution in [2.45, 2.75) is 0 Å². The Morgan fingerprint density at radius 2 is 1.57 bits per heavy atom. The minimum absolute atomic E-state index is 0.528. The predicted octanol–water partition coefficient (Wildman–Crippen LogP) is 4.11. The third-order valence-corrected chi connectivity index (χ3v) is 2.00. The topological polar surface area (TPSA) is 70.1 Å². The first-order chi connectivity index (χ1) is 10.4. The van der Waals surface area contributed by atoms with Gasteiger partial charge in [-0.3, -0.25) is 0 Å². The summed E-state index contributed by atoms with van der Waals surface area (Å²) in [5.41, 5.74) is 0.528. The molecular weight excluding hydrogens is 264 g/mol. The molecule has 0 aromatic heterocycles. The van der Waals surface area contributed by atoms with Crippen molar-refractivity contribution >= 4 is 6.21 Å². The van der Waals surface area contributed by atoms with Gasteiger partial charge >= 0.3 is 0 Å². The minimum Gasteiger partial charge on any atom is -0.346 e. The molecule has 5 heteroatoms. The van der Waals surface area contributed by atoms with Crippen molar-refractivity contribution in [1.82, 2.24) is 0 Å². The quantitative estimate of drug-likeness (QED) is 0.668. The lowest BCUT2D eigenvalue weighted by atomic mass is 10.2. The van der Waals surface area contributed by atoms with Gasteiger partial charge in [0.2, 0.25) is 0 Å². The molecule has 0 saturated carbocycles. The molecule has 0 unspecified atom stereocenters. The Hall–Kier alpha value is -3.26. The van der Waals surface area contributed by atoms with Crippen molar-refractivity contribution in [3.8, 4) is 6.07 Å². The van der Waals surface area contributed by atoms with E-state index in [4.69, 9.17) is 10.1 Å². The van der Waals surface area contributed by atoms with E-state index in [1.807, 2.05) is 30.4 Å². The van der Waals surface area contributed by atoms with Crippen LogP contribution in [-0.2, 0) is 4.84 Å². The maximum atomic E-state index is 8.94. The highest BCUT2D eigenvalue weighted by Crippen LogP contribution is 1.96. The average Bonchev–Trinajstić information content (AvgIpc) is 2.51. The van der Waals surface area contributed by atoms with Gasteiger partial charge in [0.05, 0.1) is 23.1 Å². The van der Waals surface area contributed by atoms with Crippen LogP contribution >= 0.6 is 0 Å². The fraction of sp³-hybridized carbons (Fsp3) is 0. The molecule has 0 aromatic rings. The standard InChI is InChI=1S/C16H14N4O/c17-15-16-11-7-5-3-1-2-4-6-10-14-21-20-19-18-13-9-8-12-16/h1-14H. The van der Waals surface area contributed by atoms with E-state index in [-0.39, 0.29) is 0 Å². The Morgan fingerprint density at radius 3 is 2.33 bits per heavy atom. The van der Waals surface area contributed by atoms with Crippen LogP contribution in [0.5, 0.6) is 0 Å². The normalized spacial score (nSPS) is 15.7. The molecule has 0 N–H and O–H groups in total. The predicted molar refractivity (Wildman–Crippen MR) is 83.0 cm³/mol. The van der Waals surface area contributed by atoms with E-state index < -0.39 is 0 Å². The fourth-order valence-electron chi connectivity index (χ4n) is 1.10. The van der Waals surface area contributed by atoms with Gasteiger partial charge in [-0.25, -0.2) is 0 Å². The SMILES string of the molecule is N#CC1=CC=CC=NN=NOC=CC=CC=CC=CC=C1. The number of nitriles is 1. The summed E-state index contributed by atoms with van der Waals surface area (Å²) in [6.45, 7) is 0.